The Morgan fingerprint density at radius 2 is 1.37 bits per heavy atom. The van der Waals surface area contributed by atoms with Gasteiger partial charge in [0.1, 0.15) is 18.1 Å². The smallest absolute Gasteiger partial charge is 0.242 e. The molecule has 0 atom stereocenters. The van der Waals surface area contributed by atoms with Crippen LogP contribution in [0.4, 0.5) is 0 Å². The number of benzene rings is 2. The largest absolute Gasteiger partial charge is 0.544 e. The molecule has 0 bridgehead atoms. The highest BCUT2D eigenvalue weighted by molar-refractivity contribution is 6.70. The van der Waals surface area contributed by atoms with Crippen LogP contribution in [0.5, 0.6) is 11.5 Å². The van der Waals surface area contributed by atoms with Gasteiger partial charge in [0.2, 0.25) is 8.32 Å². The molecule has 2 nitrogen and oxygen atoms in total. The van der Waals surface area contributed by atoms with E-state index < -0.39 is 8.32 Å². The van der Waals surface area contributed by atoms with E-state index in [4.69, 9.17) is 9.16 Å². The van der Waals surface area contributed by atoms with Crippen LogP contribution in [-0.4, -0.2) is 8.32 Å². The Labute approximate surface area is 116 Å². The Bertz CT molecular complexity index is 501. The number of ether oxygens (including phenoxy) is 1. The van der Waals surface area contributed by atoms with Gasteiger partial charge in [-0.15, -0.1) is 0 Å². The minimum Gasteiger partial charge on any atom is -0.544 e. The highest BCUT2D eigenvalue weighted by atomic mass is 28.4. The predicted molar refractivity (Wildman–Crippen MR) is 81.2 cm³/mol. The summed E-state index contributed by atoms with van der Waals surface area (Å²) < 4.78 is 11.6. The number of rotatable bonds is 5. The summed E-state index contributed by atoms with van der Waals surface area (Å²) in [7, 11) is -1.53. The Hall–Kier alpha value is -1.74. The molecule has 0 fully saturated rings. The Morgan fingerprint density at radius 1 is 0.789 bits per heavy atom. The molecular weight excluding hydrogens is 252 g/mol. The SMILES string of the molecule is C[Si](C)(C)Oc1ccc(OCc2ccccc2)cc1. The van der Waals surface area contributed by atoms with Gasteiger partial charge in [-0.25, -0.2) is 0 Å². The van der Waals surface area contributed by atoms with Gasteiger partial charge < -0.3 is 9.16 Å². The molecule has 0 heterocycles. The second kappa shape index (κ2) is 5.93. The lowest BCUT2D eigenvalue weighted by Gasteiger charge is -2.19. The zero-order valence-corrected chi connectivity index (χ0v) is 12.7. The van der Waals surface area contributed by atoms with Gasteiger partial charge in [0.15, 0.2) is 0 Å². The summed E-state index contributed by atoms with van der Waals surface area (Å²) in [6.07, 6.45) is 0. The molecule has 2 aromatic rings. The molecule has 0 N–H and O–H groups in total. The molecule has 2 rings (SSSR count). The van der Waals surface area contributed by atoms with Gasteiger partial charge in [-0.3, -0.25) is 0 Å². The monoisotopic (exact) mass is 272 g/mol. The van der Waals surface area contributed by atoms with Gasteiger partial charge in [-0.05, 0) is 49.5 Å². The normalized spacial score (nSPS) is 11.1. The Morgan fingerprint density at radius 3 is 1.95 bits per heavy atom. The minimum atomic E-state index is -1.53. The van der Waals surface area contributed by atoms with E-state index in [0.29, 0.717) is 6.61 Å². The Balaban J connectivity index is 1.92. The predicted octanol–water partition coefficient (Wildman–Crippen LogP) is 4.48. The molecule has 0 saturated carbocycles. The van der Waals surface area contributed by atoms with Crippen molar-refractivity contribution < 1.29 is 9.16 Å². The van der Waals surface area contributed by atoms with Crippen LogP contribution in [0.2, 0.25) is 19.6 Å². The minimum absolute atomic E-state index is 0.592. The van der Waals surface area contributed by atoms with Crippen molar-refractivity contribution in [3.63, 3.8) is 0 Å². The fourth-order valence-electron chi connectivity index (χ4n) is 1.70. The first-order valence-electron chi connectivity index (χ1n) is 6.49. The van der Waals surface area contributed by atoms with Crippen molar-refractivity contribution in [2.24, 2.45) is 0 Å². The first-order valence-corrected chi connectivity index (χ1v) is 9.89. The van der Waals surface area contributed by atoms with E-state index in [-0.39, 0.29) is 0 Å². The quantitative estimate of drug-likeness (QED) is 0.747. The molecule has 0 spiro atoms. The van der Waals surface area contributed by atoms with Gasteiger partial charge in [-0.1, -0.05) is 30.3 Å². The fourth-order valence-corrected chi connectivity index (χ4v) is 2.54. The molecule has 0 aliphatic carbocycles. The summed E-state index contributed by atoms with van der Waals surface area (Å²) in [5.41, 5.74) is 1.17. The summed E-state index contributed by atoms with van der Waals surface area (Å²) in [5, 5.41) is 0. The summed E-state index contributed by atoms with van der Waals surface area (Å²) in [5.74, 6) is 1.79. The lowest BCUT2D eigenvalue weighted by atomic mass is 10.2. The van der Waals surface area contributed by atoms with Crippen LogP contribution >= 0.6 is 0 Å². The summed E-state index contributed by atoms with van der Waals surface area (Å²) in [4.78, 5) is 0. The van der Waals surface area contributed by atoms with Crippen LogP contribution in [0.3, 0.4) is 0 Å². The van der Waals surface area contributed by atoms with Gasteiger partial charge in [0, 0.05) is 0 Å². The van der Waals surface area contributed by atoms with Gasteiger partial charge >= 0.3 is 0 Å². The maximum Gasteiger partial charge on any atom is 0.242 e. The van der Waals surface area contributed by atoms with E-state index in [1.165, 1.54) is 5.56 Å². The third-order valence-corrected chi connectivity index (χ3v) is 3.34. The zero-order valence-electron chi connectivity index (χ0n) is 11.7. The van der Waals surface area contributed by atoms with Crippen molar-refractivity contribution in [1.29, 1.82) is 0 Å². The van der Waals surface area contributed by atoms with Crippen LogP contribution in [0.1, 0.15) is 5.56 Å². The van der Waals surface area contributed by atoms with Crippen molar-refractivity contribution in [2.45, 2.75) is 26.2 Å². The highest BCUT2D eigenvalue weighted by Gasteiger charge is 2.15. The molecular formula is C16H20O2Si. The maximum atomic E-state index is 5.90. The summed E-state index contributed by atoms with van der Waals surface area (Å²) in [6, 6.07) is 18.0. The van der Waals surface area contributed by atoms with E-state index in [1.54, 1.807) is 0 Å². The first-order chi connectivity index (χ1) is 9.03. The lowest BCUT2D eigenvalue weighted by Crippen LogP contribution is -2.29. The van der Waals surface area contributed by atoms with Crippen molar-refractivity contribution in [2.75, 3.05) is 0 Å². The van der Waals surface area contributed by atoms with E-state index in [9.17, 15) is 0 Å². The second-order valence-electron chi connectivity index (χ2n) is 5.46. The molecule has 0 unspecified atom stereocenters. The van der Waals surface area contributed by atoms with Crippen LogP contribution in [-0.2, 0) is 6.61 Å². The molecule has 3 heteroatoms. The molecule has 0 aromatic heterocycles. The average molecular weight is 272 g/mol. The highest BCUT2D eigenvalue weighted by Crippen LogP contribution is 2.21. The molecule has 0 aliphatic heterocycles. The van der Waals surface area contributed by atoms with Crippen molar-refractivity contribution in [1.82, 2.24) is 0 Å². The van der Waals surface area contributed by atoms with Gasteiger partial charge in [-0.2, -0.15) is 0 Å². The molecule has 100 valence electrons. The molecule has 19 heavy (non-hydrogen) atoms. The van der Waals surface area contributed by atoms with Crippen LogP contribution in [0.25, 0.3) is 0 Å². The molecule has 0 aliphatic rings. The lowest BCUT2D eigenvalue weighted by molar-refractivity contribution is 0.306. The molecule has 0 radical (unpaired) electrons. The fraction of sp³-hybridized carbons (Fsp3) is 0.250. The van der Waals surface area contributed by atoms with E-state index in [2.05, 4.69) is 31.8 Å². The van der Waals surface area contributed by atoms with Crippen molar-refractivity contribution >= 4 is 8.32 Å². The van der Waals surface area contributed by atoms with E-state index in [0.717, 1.165) is 11.5 Å². The summed E-state index contributed by atoms with van der Waals surface area (Å²) >= 11 is 0. The Kier molecular flexibility index (Phi) is 4.27. The second-order valence-corrected chi connectivity index (χ2v) is 9.89. The van der Waals surface area contributed by atoms with Crippen LogP contribution in [0.15, 0.2) is 54.6 Å². The number of hydrogen-bond acceptors (Lipinski definition) is 2. The number of hydrogen-bond donors (Lipinski definition) is 0. The standard InChI is InChI=1S/C16H20O2Si/c1-19(2,3)18-16-11-9-15(10-12-16)17-13-14-7-5-4-6-8-14/h4-12H,13H2,1-3H3. The maximum absolute atomic E-state index is 5.90. The van der Waals surface area contributed by atoms with Gasteiger partial charge in [0.05, 0.1) is 0 Å². The summed E-state index contributed by atoms with van der Waals surface area (Å²) in [6.45, 7) is 7.11. The van der Waals surface area contributed by atoms with E-state index >= 15 is 0 Å². The third kappa shape index (κ3) is 4.79. The third-order valence-electron chi connectivity index (χ3n) is 2.50. The average Bonchev–Trinajstić information content (AvgIpc) is 2.37. The van der Waals surface area contributed by atoms with Gasteiger partial charge in [0.25, 0.3) is 0 Å². The van der Waals surface area contributed by atoms with Crippen molar-refractivity contribution in [3.8, 4) is 11.5 Å². The van der Waals surface area contributed by atoms with Crippen LogP contribution in [0, 0.1) is 0 Å². The molecule has 0 saturated heterocycles. The first kappa shape index (κ1) is 13.7. The molecule has 2 aromatic carbocycles. The van der Waals surface area contributed by atoms with E-state index in [1.807, 2.05) is 42.5 Å². The topological polar surface area (TPSA) is 18.5 Å². The van der Waals surface area contributed by atoms with Crippen LogP contribution < -0.4 is 9.16 Å². The van der Waals surface area contributed by atoms with Crippen molar-refractivity contribution in [3.05, 3.63) is 60.2 Å². The molecule has 0 amide bonds. The zero-order chi connectivity index (χ0) is 13.7.